The molecule has 4 nitrogen and oxygen atoms in total. The number of carbonyl (C=O) groups excluding carboxylic acids is 1. The zero-order valence-corrected chi connectivity index (χ0v) is 11.6. The first-order chi connectivity index (χ1) is 9.72. The van der Waals surface area contributed by atoms with Gasteiger partial charge in [0.25, 0.3) is 0 Å². The summed E-state index contributed by atoms with van der Waals surface area (Å²) >= 11 is 0. The number of ether oxygens (including phenoxy) is 1. The van der Waals surface area contributed by atoms with Gasteiger partial charge in [-0.1, -0.05) is 12.1 Å². The molecule has 1 heterocycles. The lowest BCUT2D eigenvalue weighted by atomic mass is 10.0. The molecule has 0 aromatic heterocycles. The van der Waals surface area contributed by atoms with E-state index in [2.05, 4.69) is 0 Å². The van der Waals surface area contributed by atoms with Gasteiger partial charge < -0.3 is 15.4 Å². The van der Waals surface area contributed by atoms with Crippen LogP contribution in [-0.2, 0) is 4.79 Å². The van der Waals surface area contributed by atoms with E-state index in [0.29, 0.717) is 6.54 Å². The Kier molecular flexibility index (Phi) is 5.35. The summed E-state index contributed by atoms with van der Waals surface area (Å²) in [5.41, 5.74) is 5.70. The van der Waals surface area contributed by atoms with Crippen LogP contribution in [-0.4, -0.2) is 36.5 Å². The summed E-state index contributed by atoms with van der Waals surface area (Å²) in [4.78, 5) is 14.0. The SMILES string of the molecule is NCC1CCCCN1C(=O)CCOc1ccccc1F. The zero-order valence-electron chi connectivity index (χ0n) is 11.6. The molecule has 1 aliphatic heterocycles. The lowest BCUT2D eigenvalue weighted by Gasteiger charge is -2.35. The molecule has 1 aliphatic rings. The highest BCUT2D eigenvalue weighted by molar-refractivity contribution is 5.76. The maximum atomic E-state index is 13.3. The normalized spacial score (nSPS) is 18.9. The van der Waals surface area contributed by atoms with Crippen LogP contribution < -0.4 is 10.5 Å². The third-order valence-electron chi connectivity index (χ3n) is 3.63. The highest BCUT2D eigenvalue weighted by Crippen LogP contribution is 2.18. The average Bonchev–Trinajstić information content (AvgIpc) is 2.49. The molecule has 0 bridgehead atoms. The van der Waals surface area contributed by atoms with Gasteiger partial charge in [0.05, 0.1) is 13.0 Å². The Morgan fingerprint density at radius 3 is 2.95 bits per heavy atom. The Hall–Kier alpha value is -1.62. The van der Waals surface area contributed by atoms with E-state index in [1.807, 2.05) is 4.90 Å². The van der Waals surface area contributed by atoms with Gasteiger partial charge in [0.15, 0.2) is 11.6 Å². The molecule has 110 valence electrons. The minimum Gasteiger partial charge on any atom is -0.490 e. The third-order valence-corrected chi connectivity index (χ3v) is 3.63. The topological polar surface area (TPSA) is 55.6 Å². The van der Waals surface area contributed by atoms with E-state index in [-0.39, 0.29) is 30.7 Å². The lowest BCUT2D eigenvalue weighted by molar-refractivity contribution is -0.135. The van der Waals surface area contributed by atoms with Gasteiger partial charge in [0.1, 0.15) is 0 Å². The standard InChI is InChI=1S/C15H21FN2O2/c16-13-6-1-2-7-14(13)20-10-8-15(19)18-9-4-3-5-12(18)11-17/h1-2,6-7,12H,3-5,8-11,17H2. The van der Waals surface area contributed by atoms with Crippen LogP contribution >= 0.6 is 0 Å². The Labute approximate surface area is 118 Å². The van der Waals surface area contributed by atoms with Crippen molar-refractivity contribution in [3.05, 3.63) is 30.1 Å². The van der Waals surface area contributed by atoms with Crippen LogP contribution in [0.5, 0.6) is 5.75 Å². The van der Waals surface area contributed by atoms with Crippen LogP contribution in [0.3, 0.4) is 0 Å². The zero-order chi connectivity index (χ0) is 14.4. The first-order valence-electron chi connectivity index (χ1n) is 7.09. The van der Waals surface area contributed by atoms with E-state index in [1.165, 1.54) is 6.07 Å². The summed E-state index contributed by atoms with van der Waals surface area (Å²) in [6, 6.07) is 6.35. The molecule has 2 rings (SSSR count). The van der Waals surface area contributed by atoms with Crippen molar-refractivity contribution in [1.29, 1.82) is 0 Å². The minimum atomic E-state index is -0.405. The fourth-order valence-corrected chi connectivity index (χ4v) is 2.53. The molecule has 1 aromatic carbocycles. The highest BCUT2D eigenvalue weighted by atomic mass is 19.1. The van der Waals surface area contributed by atoms with E-state index < -0.39 is 5.82 Å². The molecule has 0 spiro atoms. The third kappa shape index (κ3) is 3.70. The number of benzene rings is 1. The number of likely N-dealkylation sites (tertiary alicyclic amines) is 1. The number of rotatable bonds is 5. The number of hydrogen-bond donors (Lipinski definition) is 1. The Morgan fingerprint density at radius 2 is 2.20 bits per heavy atom. The number of amides is 1. The van der Waals surface area contributed by atoms with E-state index in [0.717, 1.165) is 25.8 Å². The molecule has 20 heavy (non-hydrogen) atoms. The maximum absolute atomic E-state index is 13.3. The average molecular weight is 280 g/mol. The van der Waals surface area contributed by atoms with Crippen molar-refractivity contribution in [2.24, 2.45) is 5.73 Å². The fraction of sp³-hybridized carbons (Fsp3) is 0.533. The maximum Gasteiger partial charge on any atom is 0.226 e. The van der Waals surface area contributed by atoms with Crippen LogP contribution in [0.25, 0.3) is 0 Å². The minimum absolute atomic E-state index is 0.0384. The summed E-state index contributed by atoms with van der Waals surface area (Å²) in [6.07, 6.45) is 3.37. The van der Waals surface area contributed by atoms with E-state index >= 15 is 0 Å². The van der Waals surface area contributed by atoms with E-state index in [1.54, 1.807) is 18.2 Å². The van der Waals surface area contributed by atoms with E-state index in [4.69, 9.17) is 10.5 Å². The van der Waals surface area contributed by atoms with Crippen molar-refractivity contribution in [2.45, 2.75) is 31.7 Å². The summed E-state index contributed by atoms with van der Waals surface area (Å²) in [5, 5.41) is 0. The van der Waals surface area contributed by atoms with Gasteiger partial charge in [-0.15, -0.1) is 0 Å². The molecule has 5 heteroatoms. The number of para-hydroxylation sites is 1. The van der Waals surface area contributed by atoms with Crippen molar-refractivity contribution in [1.82, 2.24) is 4.90 Å². The molecule has 1 unspecified atom stereocenters. The first-order valence-corrected chi connectivity index (χ1v) is 7.09. The molecule has 1 amide bonds. The highest BCUT2D eigenvalue weighted by Gasteiger charge is 2.25. The van der Waals surface area contributed by atoms with E-state index in [9.17, 15) is 9.18 Å². The van der Waals surface area contributed by atoms with Crippen LogP contribution in [0.2, 0.25) is 0 Å². The molecule has 0 aliphatic carbocycles. The molecule has 1 saturated heterocycles. The summed E-state index contributed by atoms with van der Waals surface area (Å²) in [6.45, 7) is 1.45. The number of carbonyl (C=O) groups is 1. The van der Waals surface area contributed by atoms with Crippen molar-refractivity contribution >= 4 is 5.91 Å². The quantitative estimate of drug-likeness (QED) is 0.896. The smallest absolute Gasteiger partial charge is 0.226 e. The molecule has 1 aromatic rings. The lowest BCUT2D eigenvalue weighted by Crippen LogP contribution is -2.47. The largest absolute Gasteiger partial charge is 0.490 e. The number of nitrogens with zero attached hydrogens (tertiary/aromatic N) is 1. The summed E-state index contributed by atoms with van der Waals surface area (Å²) in [7, 11) is 0. The monoisotopic (exact) mass is 280 g/mol. The molecule has 1 atom stereocenters. The van der Waals surface area contributed by atoms with Gasteiger partial charge in [-0.05, 0) is 31.4 Å². The second-order valence-electron chi connectivity index (χ2n) is 5.00. The van der Waals surface area contributed by atoms with Gasteiger partial charge in [0.2, 0.25) is 5.91 Å². The molecule has 1 fully saturated rings. The van der Waals surface area contributed by atoms with Crippen LogP contribution in [0.4, 0.5) is 4.39 Å². The molecule has 2 N–H and O–H groups in total. The Balaban J connectivity index is 1.81. The molecule has 0 saturated carbocycles. The predicted octanol–water partition coefficient (Wildman–Crippen LogP) is 1.93. The molecule has 0 radical (unpaired) electrons. The van der Waals surface area contributed by atoms with Crippen molar-refractivity contribution in [3.8, 4) is 5.75 Å². The summed E-state index contributed by atoms with van der Waals surface area (Å²) in [5.74, 6) is -0.177. The number of hydrogen-bond acceptors (Lipinski definition) is 3. The van der Waals surface area contributed by atoms with Gasteiger partial charge >= 0.3 is 0 Å². The van der Waals surface area contributed by atoms with Crippen LogP contribution in [0.15, 0.2) is 24.3 Å². The summed E-state index contributed by atoms with van der Waals surface area (Å²) < 4.78 is 18.7. The second-order valence-corrected chi connectivity index (χ2v) is 5.00. The van der Waals surface area contributed by atoms with Gasteiger partial charge in [-0.3, -0.25) is 4.79 Å². The van der Waals surface area contributed by atoms with Crippen molar-refractivity contribution in [2.75, 3.05) is 19.7 Å². The van der Waals surface area contributed by atoms with Gasteiger partial charge in [-0.25, -0.2) is 4.39 Å². The van der Waals surface area contributed by atoms with Gasteiger partial charge in [-0.2, -0.15) is 0 Å². The van der Waals surface area contributed by atoms with Crippen molar-refractivity contribution < 1.29 is 13.9 Å². The predicted molar refractivity (Wildman–Crippen MR) is 74.9 cm³/mol. The van der Waals surface area contributed by atoms with Gasteiger partial charge in [0, 0.05) is 19.1 Å². The van der Waals surface area contributed by atoms with Crippen molar-refractivity contribution in [3.63, 3.8) is 0 Å². The second kappa shape index (κ2) is 7.24. The number of nitrogens with two attached hydrogens (primary N) is 1. The Bertz CT molecular complexity index is 453. The van der Waals surface area contributed by atoms with Crippen LogP contribution in [0, 0.1) is 5.82 Å². The fourth-order valence-electron chi connectivity index (χ4n) is 2.53. The Morgan fingerprint density at radius 1 is 1.40 bits per heavy atom. The number of halogens is 1. The first kappa shape index (κ1) is 14.8. The van der Waals surface area contributed by atoms with Crippen LogP contribution in [0.1, 0.15) is 25.7 Å². The molecular formula is C15H21FN2O2. The number of piperidine rings is 1. The molecular weight excluding hydrogens is 259 g/mol.